The van der Waals surface area contributed by atoms with Gasteiger partial charge in [-0.1, -0.05) is 6.08 Å². The second-order valence-corrected chi connectivity index (χ2v) is 2.51. The lowest BCUT2D eigenvalue weighted by Gasteiger charge is -2.28. The SMILES string of the molecule is NC(=O)C1C=CC=C(C(=O)O)[NH+]1[O-]. The molecule has 1 heterocycles. The van der Waals surface area contributed by atoms with E-state index in [2.05, 4.69) is 0 Å². The molecule has 0 radical (unpaired) electrons. The minimum Gasteiger partial charge on any atom is -0.628 e. The van der Waals surface area contributed by atoms with E-state index < -0.39 is 28.7 Å². The van der Waals surface area contributed by atoms with Gasteiger partial charge in [0.1, 0.15) is 0 Å². The average Bonchev–Trinajstić information content (AvgIpc) is 2.03. The van der Waals surface area contributed by atoms with Crippen LogP contribution in [0.4, 0.5) is 0 Å². The zero-order chi connectivity index (χ0) is 10.0. The fourth-order valence-electron chi connectivity index (χ4n) is 1.00. The van der Waals surface area contributed by atoms with Crippen molar-refractivity contribution in [2.24, 2.45) is 5.73 Å². The molecule has 0 bridgehead atoms. The molecule has 0 aromatic rings. The third-order valence-corrected chi connectivity index (χ3v) is 1.65. The zero-order valence-electron chi connectivity index (χ0n) is 6.56. The standard InChI is InChI=1S/C7H8N2O4/c8-6(10)4-2-1-3-5(7(11)12)9(4)13/h1-4,9H,(H2,8,10)(H,11,12). The third-order valence-electron chi connectivity index (χ3n) is 1.65. The number of amides is 1. The minimum atomic E-state index is -1.35. The molecule has 2 unspecified atom stereocenters. The molecule has 1 amide bonds. The maximum atomic E-state index is 11.2. The second-order valence-electron chi connectivity index (χ2n) is 2.51. The van der Waals surface area contributed by atoms with Gasteiger partial charge in [0.15, 0.2) is 6.04 Å². The summed E-state index contributed by atoms with van der Waals surface area (Å²) in [5.74, 6) is -2.19. The highest BCUT2D eigenvalue weighted by Gasteiger charge is 2.28. The molecular formula is C7H8N2O4. The molecule has 0 spiro atoms. The molecule has 0 fully saturated rings. The fourth-order valence-corrected chi connectivity index (χ4v) is 1.00. The first-order valence-corrected chi connectivity index (χ1v) is 3.49. The zero-order valence-corrected chi connectivity index (χ0v) is 6.56. The number of quaternary nitrogens is 1. The van der Waals surface area contributed by atoms with Crippen molar-refractivity contribution in [3.63, 3.8) is 0 Å². The number of nitrogens with two attached hydrogens (primary N) is 1. The van der Waals surface area contributed by atoms with Crippen molar-refractivity contribution >= 4 is 11.9 Å². The Morgan fingerprint density at radius 1 is 1.62 bits per heavy atom. The number of hydrogen-bond donors (Lipinski definition) is 3. The van der Waals surface area contributed by atoms with Crippen molar-refractivity contribution in [3.05, 3.63) is 29.1 Å². The number of carboxylic acids is 1. The van der Waals surface area contributed by atoms with Crippen LogP contribution in [0.3, 0.4) is 0 Å². The van der Waals surface area contributed by atoms with Crippen LogP contribution in [0.15, 0.2) is 23.9 Å². The molecule has 6 heteroatoms. The largest absolute Gasteiger partial charge is 0.628 e. The Morgan fingerprint density at radius 3 is 2.69 bits per heavy atom. The molecule has 0 saturated carbocycles. The number of rotatable bonds is 2. The summed E-state index contributed by atoms with van der Waals surface area (Å²) in [4.78, 5) is 21.1. The molecule has 4 N–H and O–H groups in total. The second kappa shape index (κ2) is 3.38. The van der Waals surface area contributed by atoms with Gasteiger partial charge in [-0.15, -0.1) is 0 Å². The van der Waals surface area contributed by atoms with E-state index in [9.17, 15) is 14.8 Å². The van der Waals surface area contributed by atoms with E-state index in [1.807, 2.05) is 0 Å². The van der Waals surface area contributed by atoms with Gasteiger partial charge >= 0.3 is 5.97 Å². The molecule has 0 aromatic carbocycles. The average molecular weight is 184 g/mol. The van der Waals surface area contributed by atoms with E-state index in [1.54, 1.807) is 0 Å². The molecule has 2 atom stereocenters. The lowest BCUT2D eigenvalue weighted by Crippen LogP contribution is -3.12. The van der Waals surface area contributed by atoms with E-state index in [0.29, 0.717) is 0 Å². The van der Waals surface area contributed by atoms with Crippen LogP contribution < -0.4 is 10.8 Å². The molecule has 1 aliphatic rings. The molecule has 0 saturated heterocycles. The van der Waals surface area contributed by atoms with Crippen LogP contribution in [0.1, 0.15) is 0 Å². The summed E-state index contributed by atoms with van der Waals surface area (Å²) in [5.41, 5.74) is 4.48. The van der Waals surface area contributed by atoms with E-state index >= 15 is 0 Å². The first-order chi connectivity index (χ1) is 6.04. The van der Waals surface area contributed by atoms with Crippen LogP contribution >= 0.6 is 0 Å². The monoisotopic (exact) mass is 184 g/mol. The topological polar surface area (TPSA) is 108 Å². The Kier molecular flexibility index (Phi) is 2.45. The number of nitrogens with one attached hydrogen (secondary N) is 1. The molecule has 0 aromatic heterocycles. The van der Waals surface area contributed by atoms with Crippen molar-refractivity contribution in [2.45, 2.75) is 6.04 Å². The van der Waals surface area contributed by atoms with E-state index in [1.165, 1.54) is 12.2 Å². The Labute approximate surface area is 73.5 Å². The summed E-state index contributed by atoms with van der Waals surface area (Å²) in [7, 11) is 0. The van der Waals surface area contributed by atoms with Gasteiger partial charge in [0.2, 0.25) is 5.70 Å². The van der Waals surface area contributed by atoms with E-state index in [0.717, 1.165) is 6.08 Å². The number of primary amides is 1. The van der Waals surface area contributed by atoms with Gasteiger partial charge in [-0.2, -0.15) is 0 Å². The smallest absolute Gasteiger partial charge is 0.390 e. The summed E-state index contributed by atoms with van der Waals surface area (Å²) >= 11 is 0. The minimum absolute atomic E-state index is 0.411. The molecule has 13 heavy (non-hydrogen) atoms. The number of carboxylic acid groups (broad SMARTS) is 1. The van der Waals surface area contributed by atoms with Crippen molar-refractivity contribution in [3.8, 4) is 0 Å². The first-order valence-electron chi connectivity index (χ1n) is 3.49. The maximum absolute atomic E-state index is 11.2. The number of hydroxylamine groups is 2. The summed E-state index contributed by atoms with van der Waals surface area (Å²) in [6.07, 6.45) is 3.75. The Balaban J connectivity index is 2.93. The molecule has 0 aliphatic carbocycles. The van der Waals surface area contributed by atoms with Crippen molar-refractivity contribution in [2.75, 3.05) is 0 Å². The predicted octanol–water partition coefficient (Wildman–Crippen LogP) is -2.24. The van der Waals surface area contributed by atoms with E-state index in [4.69, 9.17) is 10.8 Å². The normalized spacial score (nSPS) is 26.7. The summed E-state index contributed by atoms with van der Waals surface area (Å²) < 4.78 is 0. The van der Waals surface area contributed by atoms with Gasteiger partial charge in [-0.25, -0.2) is 4.79 Å². The van der Waals surface area contributed by atoms with Crippen molar-refractivity contribution in [1.82, 2.24) is 0 Å². The van der Waals surface area contributed by atoms with Crippen LogP contribution in [-0.4, -0.2) is 23.0 Å². The Morgan fingerprint density at radius 2 is 2.23 bits per heavy atom. The van der Waals surface area contributed by atoms with Gasteiger partial charge in [0.25, 0.3) is 5.91 Å². The van der Waals surface area contributed by atoms with Crippen molar-refractivity contribution < 1.29 is 19.8 Å². The van der Waals surface area contributed by atoms with Gasteiger partial charge in [0, 0.05) is 6.08 Å². The van der Waals surface area contributed by atoms with Gasteiger partial charge in [-0.05, 0) is 6.08 Å². The quantitative estimate of drug-likeness (QED) is 0.421. The van der Waals surface area contributed by atoms with Crippen LogP contribution in [0.25, 0.3) is 0 Å². The molecular weight excluding hydrogens is 176 g/mol. The number of carbonyl (C=O) groups excluding carboxylic acids is 1. The van der Waals surface area contributed by atoms with Gasteiger partial charge < -0.3 is 21.1 Å². The highest BCUT2D eigenvalue weighted by molar-refractivity contribution is 5.86. The number of allylic oxidation sites excluding steroid dienone is 2. The lowest BCUT2D eigenvalue weighted by molar-refractivity contribution is -0.813. The summed E-state index contributed by atoms with van der Waals surface area (Å²) in [5, 5.41) is 19.0. The highest BCUT2D eigenvalue weighted by atomic mass is 16.5. The van der Waals surface area contributed by atoms with Crippen LogP contribution in [-0.2, 0) is 9.59 Å². The van der Waals surface area contributed by atoms with E-state index in [-0.39, 0.29) is 0 Å². The number of hydrogen-bond acceptors (Lipinski definition) is 3. The first kappa shape index (κ1) is 9.43. The number of carbonyl (C=O) groups is 2. The molecule has 70 valence electrons. The van der Waals surface area contributed by atoms with Crippen molar-refractivity contribution in [1.29, 1.82) is 0 Å². The Hall–Kier alpha value is -1.66. The fraction of sp³-hybridized carbons (Fsp3) is 0.143. The van der Waals surface area contributed by atoms with Crippen LogP contribution in [0.5, 0.6) is 0 Å². The summed E-state index contributed by atoms with van der Waals surface area (Å²) in [6.45, 7) is 0. The van der Waals surface area contributed by atoms with Gasteiger partial charge in [0.05, 0.1) is 0 Å². The lowest BCUT2D eigenvalue weighted by atomic mass is 10.1. The maximum Gasteiger partial charge on any atom is 0.390 e. The summed E-state index contributed by atoms with van der Waals surface area (Å²) in [6, 6.07) is -1.14. The third kappa shape index (κ3) is 1.74. The number of aliphatic carboxylic acids is 1. The van der Waals surface area contributed by atoms with Gasteiger partial charge in [-0.3, -0.25) is 4.79 Å². The highest BCUT2D eigenvalue weighted by Crippen LogP contribution is 1.95. The Bertz CT molecular complexity index is 308. The molecule has 6 nitrogen and oxygen atoms in total. The molecule has 1 aliphatic heterocycles. The molecule has 1 rings (SSSR count). The predicted molar refractivity (Wildman–Crippen MR) is 42.2 cm³/mol. The van der Waals surface area contributed by atoms with Crippen LogP contribution in [0, 0.1) is 5.21 Å². The van der Waals surface area contributed by atoms with Crippen LogP contribution in [0.2, 0.25) is 0 Å².